The first-order valence-corrected chi connectivity index (χ1v) is 17.0. The zero-order valence-corrected chi connectivity index (χ0v) is 27.2. The van der Waals surface area contributed by atoms with Crippen molar-refractivity contribution in [3.05, 3.63) is 164 Å². The molecule has 0 saturated heterocycles. The first-order valence-electron chi connectivity index (χ1n) is 18.7. The predicted octanol–water partition coefficient (Wildman–Crippen LogP) is 12.5. The van der Waals surface area contributed by atoms with E-state index in [1.807, 2.05) is 121 Å². The van der Waals surface area contributed by atoms with Crippen LogP contribution in [-0.4, -0.2) is 15.0 Å². The average molecular weight is 663 g/mol. The standard InChI is InChI=1S/C45H27N3OS/c1-4-13-28(14-5-1)32-25-26-33(42-40(32)36-19-10-11-22-39(36)50-42)31-23-24-34-35-20-12-21-37(41(35)49-38(34)27-31)45-47-43(29-15-6-2-7-16-29)46-44(48-45)30-17-8-3-9-18-30/h1-27H/i1D,4D,5D,13D,14D. The van der Waals surface area contributed by atoms with Gasteiger partial charge in [-0.3, -0.25) is 0 Å². The van der Waals surface area contributed by atoms with Gasteiger partial charge in [0.05, 0.1) is 12.4 Å². The van der Waals surface area contributed by atoms with Crippen LogP contribution in [0, 0.1) is 0 Å². The van der Waals surface area contributed by atoms with Crippen molar-refractivity contribution >= 4 is 53.4 Å². The van der Waals surface area contributed by atoms with Gasteiger partial charge in [-0.25, -0.2) is 15.0 Å². The molecule has 5 heteroatoms. The van der Waals surface area contributed by atoms with E-state index in [9.17, 15) is 0 Å². The van der Waals surface area contributed by atoms with Crippen molar-refractivity contribution in [2.75, 3.05) is 0 Å². The van der Waals surface area contributed by atoms with E-state index in [4.69, 9.17) is 26.2 Å². The molecule has 4 nitrogen and oxygen atoms in total. The molecule has 0 amide bonds. The number of aromatic nitrogens is 3. The summed E-state index contributed by atoms with van der Waals surface area (Å²) >= 11 is 1.62. The van der Waals surface area contributed by atoms with Gasteiger partial charge in [0, 0.05) is 42.1 Å². The van der Waals surface area contributed by atoms with Gasteiger partial charge in [-0.15, -0.1) is 11.3 Å². The number of hydrogen-bond acceptors (Lipinski definition) is 5. The van der Waals surface area contributed by atoms with E-state index in [0.717, 1.165) is 58.8 Å². The zero-order valence-electron chi connectivity index (χ0n) is 31.4. The van der Waals surface area contributed by atoms with Crippen molar-refractivity contribution in [2.24, 2.45) is 0 Å². The summed E-state index contributed by atoms with van der Waals surface area (Å²) in [6, 6.07) is 42.3. The van der Waals surface area contributed by atoms with E-state index in [1.54, 1.807) is 11.3 Å². The highest BCUT2D eigenvalue weighted by Gasteiger charge is 2.20. The second-order valence-electron chi connectivity index (χ2n) is 12.0. The van der Waals surface area contributed by atoms with Crippen LogP contribution in [0.2, 0.25) is 0 Å². The molecule has 7 aromatic carbocycles. The Morgan fingerprint density at radius 3 is 1.90 bits per heavy atom. The molecule has 234 valence electrons. The summed E-state index contributed by atoms with van der Waals surface area (Å²) in [6.07, 6.45) is 0. The molecule has 0 aliphatic rings. The van der Waals surface area contributed by atoms with Gasteiger partial charge < -0.3 is 4.42 Å². The molecule has 0 radical (unpaired) electrons. The zero-order chi connectivity index (χ0) is 37.4. The average Bonchev–Trinajstić information content (AvgIpc) is 3.82. The number of para-hydroxylation sites is 1. The van der Waals surface area contributed by atoms with Gasteiger partial charge in [-0.2, -0.15) is 0 Å². The molecule has 0 N–H and O–H groups in total. The summed E-state index contributed by atoms with van der Waals surface area (Å²) in [5.41, 5.74) is 6.56. The van der Waals surface area contributed by atoms with Crippen LogP contribution in [0.15, 0.2) is 168 Å². The summed E-state index contributed by atoms with van der Waals surface area (Å²) in [7, 11) is 0. The maximum absolute atomic E-state index is 8.77. The minimum atomic E-state index is -0.409. The molecule has 3 heterocycles. The lowest BCUT2D eigenvalue weighted by atomic mass is 9.94. The van der Waals surface area contributed by atoms with Crippen LogP contribution in [-0.2, 0) is 0 Å². The van der Waals surface area contributed by atoms with Crippen LogP contribution >= 0.6 is 11.3 Å². The molecule has 0 fully saturated rings. The molecule has 10 rings (SSSR count). The number of thiophene rings is 1. The third kappa shape index (κ3) is 4.71. The quantitative estimate of drug-likeness (QED) is 0.184. The van der Waals surface area contributed by atoms with Crippen molar-refractivity contribution in [3.63, 3.8) is 0 Å². The molecular weight excluding hydrogens is 631 g/mol. The minimum Gasteiger partial charge on any atom is -0.455 e. The van der Waals surface area contributed by atoms with Gasteiger partial charge in [-0.1, -0.05) is 139 Å². The van der Waals surface area contributed by atoms with Crippen LogP contribution in [0.3, 0.4) is 0 Å². The summed E-state index contributed by atoms with van der Waals surface area (Å²) in [5.74, 6) is 1.64. The fraction of sp³-hybridized carbons (Fsp3) is 0. The SMILES string of the molecule is [2H]c1c([2H])c([2H])c(-c2ccc(-c3ccc4c(c3)oc3c(-c5nc(-c6ccccc6)nc(-c6ccccc6)n5)cccc34)c3sc4ccccc4c23)c([2H])c1[2H]. The number of fused-ring (bicyclic) bond motifs is 6. The molecule has 3 aromatic heterocycles. The Kier molecular flexibility index (Phi) is 5.54. The second kappa shape index (κ2) is 11.6. The molecule has 0 unspecified atom stereocenters. The van der Waals surface area contributed by atoms with Crippen molar-refractivity contribution in [2.45, 2.75) is 0 Å². The maximum atomic E-state index is 8.77. The highest BCUT2D eigenvalue weighted by atomic mass is 32.1. The first kappa shape index (κ1) is 23.8. The summed E-state index contributed by atoms with van der Waals surface area (Å²) in [6.45, 7) is 0. The second-order valence-corrected chi connectivity index (χ2v) is 13.0. The number of nitrogens with zero attached hydrogens (tertiary/aromatic N) is 3. The third-order valence-electron chi connectivity index (χ3n) is 9.05. The lowest BCUT2D eigenvalue weighted by molar-refractivity contribution is 0.669. The van der Waals surface area contributed by atoms with Gasteiger partial charge in [0.25, 0.3) is 0 Å². The molecule has 0 aliphatic carbocycles. The Labute approximate surface area is 299 Å². The van der Waals surface area contributed by atoms with E-state index < -0.39 is 6.04 Å². The molecule has 0 spiro atoms. The van der Waals surface area contributed by atoms with Crippen LogP contribution in [0.4, 0.5) is 0 Å². The van der Waals surface area contributed by atoms with Crippen LogP contribution in [0.25, 0.3) is 98.5 Å². The van der Waals surface area contributed by atoms with Crippen LogP contribution < -0.4 is 0 Å². The Morgan fingerprint density at radius 2 is 1.14 bits per heavy atom. The Bertz CT molecular complexity index is 3080. The van der Waals surface area contributed by atoms with E-state index in [0.29, 0.717) is 34.2 Å². The highest BCUT2D eigenvalue weighted by molar-refractivity contribution is 7.26. The molecular formula is C45H27N3OS. The summed E-state index contributed by atoms with van der Waals surface area (Å²) < 4.78 is 51.1. The summed E-state index contributed by atoms with van der Waals surface area (Å²) in [4.78, 5) is 14.8. The number of rotatable bonds is 5. The lowest BCUT2D eigenvalue weighted by Gasteiger charge is -2.09. The molecule has 10 aromatic rings. The van der Waals surface area contributed by atoms with Crippen molar-refractivity contribution in [3.8, 4) is 56.4 Å². The van der Waals surface area contributed by atoms with Crippen molar-refractivity contribution in [1.82, 2.24) is 15.0 Å². The fourth-order valence-electron chi connectivity index (χ4n) is 6.72. The van der Waals surface area contributed by atoms with Crippen LogP contribution in [0.1, 0.15) is 6.85 Å². The third-order valence-corrected chi connectivity index (χ3v) is 10.2. The predicted molar refractivity (Wildman–Crippen MR) is 207 cm³/mol. The number of furan rings is 1. The van der Waals surface area contributed by atoms with E-state index in [1.165, 1.54) is 0 Å². The van der Waals surface area contributed by atoms with Gasteiger partial charge >= 0.3 is 0 Å². The Balaban J connectivity index is 1.16. The van der Waals surface area contributed by atoms with Gasteiger partial charge in [-0.05, 0) is 46.5 Å². The minimum absolute atomic E-state index is 0.190. The number of benzene rings is 7. The largest absolute Gasteiger partial charge is 0.455 e. The smallest absolute Gasteiger partial charge is 0.167 e. The van der Waals surface area contributed by atoms with E-state index >= 15 is 0 Å². The molecule has 0 atom stereocenters. The van der Waals surface area contributed by atoms with Gasteiger partial charge in [0.2, 0.25) is 0 Å². The normalized spacial score (nSPS) is 13.0. The van der Waals surface area contributed by atoms with E-state index in [-0.39, 0.29) is 29.7 Å². The van der Waals surface area contributed by atoms with Gasteiger partial charge in [0.15, 0.2) is 17.5 Å². The topological polar surface area (TPSA) is 51.8 Å². The maximum Gasteiger partial charge on any atom is 0.167 e. The molecule has 50 heavy (non-hydrogen) atoms. The molecule has 0 bridgehead atoms. The molecule has 0 aliphatic heterocycles. The van der Waals surface area contributed by atoms with Gasteiger partial charge in [0.1, 0.15) is 11.2 Å². The number of hydrogen-bond donors (Lipinski definition) is 0. The van der Waals surface area contributed by atoms with Crippen LogP contribution in [0.5, 0.6) is 0 Å². The Morgan fingerprint density at radius 1 is 0.480 bits per heavy atom. The van der Waals surface area contributed by atoms with Crippen molar-refractivity contribution < 1.29 is 11.3 Å². The molecule has 0 saturated carbocycles. The van der Waals surface area contributed by atoms with E-state index in [2.05, 4.69) is 12.1 Å². The van der Waals surface area contributed by atoms with Crippen molar-refractivity contribution in [1.29, 1.82) is 0 Å². The highest BCUT2D eigenvalue weighted by Crippen LogP contribution is 2.46. The monoisotopic (exact) mass is 662 g/mol. The fourth-order valence-corrected chi connectivity index (χ4v) is 7.98. The first-order chi connectivity index (χ1) is 26.9. The lowest BCUT2D eigenvalue weighted by Crippen LogP contribution is -2.00. The summed E-state index contributed by atoms with van der Waals surface area (Å²) in [5, 5.41) is 3.69. The Hall–Kier alpha value is -6.43.